The molecule has 0 fully saturated rings. The predicted octanol–water partition coefficient (Wildman–Crippen LogP) is 1.51. The molecule has 0 aromatic rings. The van der Waals surface area contributed by atoms with Gasteiger partial charge in [-0.3, -0.25) is 4.79 Å². The van der Waals surface area contributed by atoms with Gasteiger partial charge in [-0.25, -0.2) is 0 Å². The molecule has 3 heteroatoms. The van der Waals surface area contributed by atoms with Crippen LogP contribution in [0.15, 0.2) is 12.7 Å². The van der Waals surface area contributed by atoms with Crippen LogP contribution in [0.25, 0.3) is 0 Å². The number of carbonyl (C=O) groups is 1. The second-order valence-electron chi connectivity index (χ2n) is 3.17. The van der Waals surface area contributed by atoms with Crippen molar-refractivity contribution in [2.24, 2.45) is 5.41 Å². The van der Waals surface area contributed by atoms with Crippen LogP contribution < -0.4 is 0 Å². The Kier molecular flexibility index (Phi) is 5.39. The van der Waals surface area contributed by atoms with Crippen molar-refractivity contribution in [2.75, 3.05) is 13.2 Å². The molecule has 0 aliphatic rings. The number of hydrogen-bond donors (Lipinski definition) is 1. The number of aliphatic hydroxyl groups is 1. The first kappa shape index (κ1) is 12.2. The van der Waals surface area contributed by atoms with Gasteiger partial charge in [-0.05, 0) is 26.7 Å². The van der Waals surface area contributed by atoms with E-state index in [2.05, 4.69) is 6.58 Å². The fourth-order valence-corrected chi connectivity index (χ4v) is 1.03. The van der Waals surface area contributed by atoms with Crippen LogP contribution in [0, 0.1) is 5.41 Å². The van der Waals surface area contributed by atoms with Gasteiger partial charge in [0.05, 0.1) is 12.0 Å². The molecule has 13 heavy (non-hydrogen) atoms. The lowest BCUT2D eigenvalue weighted by Gasteiger charge is -2.22. The maximum Gasteiger partial charge on any atom is 0.315 e. The molecule has 0 aromatic heterocycles. The van der Waals surface area contributed by atoms with Crippen LogP contribution >= 0.6 is 0 Å². The van der Waals surface area contributed by atoms with E-state index in [-0.39, 0.29) is 12.6 Å². The Morgan fingerprint density at radius 1 is 1.69 bits per heavy atom. The van der Waals surface area contributed by atoms with E-state index < -0.39 is 5.41 Å². The summed E-state index contributed by atoms with van der Waals surface area (Å²) in [5.41, 5.74) is -0.654. The molecule has 1 atom stereocenters. The first-order chi connectivity index (χ1) is 6.10. The summed E-state index contributed by atoms with van der Waals surface area (Å²) in [6.45, 7) is 7.61. The summed E-state index contributed by atoms with van der Waals surface area (Å²) < 4.78 is 4.90. The van der Waals surface area contributed by atoms with Crippen molar-refractivity contribution >= 4 is 5.97 Å². The first-order valence-electron chi connectivity index (χ1n) is 4.52. The molecule has 0 aliphatic heterocycles. The van der Waals surface area contributed by atoms with Crippen LogP contribution in [0.1, 0.15) is 26.7 Å². The Morgan fingerprint density at radius 2 is 2.31 bits per heavy atom. The number of esters is 1. The van der Waals surface area contributed by atoms with Gasteiger partial charge >= 0.3 is 5.97 Å². The fraction of sp³-hybridized carbons (Fsp3) is 0.700. The molecule has 76 valence electrons. The molecule has 1 unspecified atom stereocenters. The van der Waals surface area contributed by atoms with E-state index in [4.69, 9.17) is 9.84 Å². The summed E-state index contributed by atoms with van der Waals surface area (Å²) in [6, 6.07) is 0. The third-order valence-electron chi connectivity index (χ3n) is 2.05. The molecule has 0 heterocycles. The lowest BCUT2D eigenvalue weighted by Crippen LogP contribution is -2.28. The van der Waals surface area contributed by atoms with Gasteiger partial charge < -0.3 is 9.84 Å². The molecule has 0 bridgehead atoms. The zero-order valence-corrected chi connectivity index (χ0v) is 8.38. The molecule has 1 N–H and O–H groups in total. The van der Waals surface area contributed by atoms with Crippen LogP contribution in [0.3, 0.4) is 0 Å². The van der Waals surface area contributed by atoms with Gasteiger partial charge in [-0.1, -0.05) is 6.08 Å². The molecule has 0 radical (unpaired) electrons. The Hall–Kier alpha value is -0.830. The minimum absolute atomic E-state index is 0.0861. The van der Waals surface area contributed by atoms with Crippen molar-refractivity contribution in [3.8, 4) is 0 Å². The number of hydrogen-bond acceptors (Lipinski definition) is 3. The first-order valence-corrected chi connectivity index (χ1v) is 4.52. The predicted molar refractivity (Wildman–Crippen MR) is 51.3 cm³/mol. The highest BCUT2D eigenvalue weighted by Gasteiger charge is 2.30. The second-order valence-corrected chi connectivity index (χ2v) is 3.17. The van der Waals surface area contributed by atoms with Gasteiger partial charge in [-0.2, -0.15) is 0 Å². The van der Waals surface area contributed by atoms with Crippen LogP contribution in [0.5, 0.6) is 0 Å². The highest BCUT2D eigenvalue weighted by Crippen LogP contribution is 2.26. The molecule has 0 rings (SSSR count). The Balaban J connectivity index is 4.24. The smallest absolute Gasteiger partial charge is 0.315 e. The normalized spacial score (nSPS) is 14.7. The van der Waals surface area contributed by atoms with E-state index >= 15 is 0 Å². The average Bonchev–Trinajstić information content (AvgIpc) is 2.14. The minimum Gasteiger partial charge on any atom is -0.465 e. The number of ether oxygens (including phenoxy) is 1. The van der Waals surface area contributed by atoms with E-state index in [1.54, 1.807) is 19.9 Å². The monoisotopic (exact) mass is 186 g/mol. The van der Waals surface area contributed by atoms with Gasteiger partial charge in [0.1, 0.15) is 0 Å². The largest absolute Gasteiger partial charge is 0.465 e. The highest BCUT2D eigenvalue weighted by molar-refractivity contribution is 5.78. The standard InChI is InChI=1S/C10H18O3/c1-4-10(3,7-6-8-11)9(12)13-5-2/h4,11H,1,5-8H2,2-3H3. The number of carbonyl (C=O) groups excluding carboxylic acids is 1. The lowest BCUT2D eigenvalue weighted by molar-refractivity contribution is -0.152. The van der Waals surface area contributed by atoms with Crippen LogP contribution in [-0.2, 0) is 9.53 Å². The summed E-state index contributed by atoms with van der Waals surface area (Å²) in [5.74, 6) is -0.265. The molecule has 0 saturated carbocycles. The van der Waals surface area contributed by atoms with Gasteiger partial charge in [-0.15, -0.1) is 6.58 Å². The molecule has 0 aliphatic carbocycles. The van der Waals surface area contributed by atoms with E-state index in [1.165, 1.54) is 0 Å². The third kappa shape index (κ3) is 3.59. The van der Waals surface area contributed by atoms with Gasteiger partial charge in [0.2, 0.25) is 0 Å². The van der Waals surface area contributed by atoms with Crippen LogP contribution in [-0.4, -0.2) is 24.3 Å². The SMILES string of the molecule is C=CC(C)(CCCO)C(=O)OCC. The van der Waals surface area contributed by atoms with Crippen molar-refractivity contribution in [2.45, 2.75) is 26.7 Å². The van der Waals surface area contributed by atoms with Crippen LogP contribution in [0.2, 0.25) is 0 Å². The Labute approximate surface area is 79.4 Å². The quantitative estimate of drug-likeness (QED) is 0.505. The maximum absolute atomic E-state index is 11.4. The zero-order valence-electron chi connectivity index (χ0n) is 8.38. The average molecular weight is 186 g/mol. The summed E-state index contributed by atoms with van der Waals surface area (Å²) in [4.78, 5) is 11.4. The summed E-state index contributed by atoms with van der Waals surface area (Å²) >= 11 is 0. The van der Waals surface area contributed by atoms with E-state index in [0.29, 0.717) is 19.4 Å². The Morgan fingerprint density at radius 3 is 2.69 bits per heavy atom. The van der Waals surface area contributed by atoms with Crippen molar-refractivity contribution in [1.29, 1.82) is 0 Å². The summed E-state index contributed by atoms with van der Waals surface area (Å²) in [5, 5.41) is 8.65. The van der Waals surface area contributed by atoms with E-state index in [9.17, 15) is 4.79 Å². The Bertz CT molecular complexity index is 177. The van der Waals surface area contributed by atoms with Gasteiger partial charge in [0.25, 0.3) is 0 Å². The van der Waals surface area contributed by atoms with Gasteiger partial charge in [0.15, 0.2) is 0 Å². The topological polar surface area (TPSA) is 46.5 Å². The van der Waals surface area contributed by atoms with E-state index in [1.807, 2.05) is 0 Å². The summed E-state index contributed by atoms with van der Waals surface area (Å²) in [6.07, 6.45) is 2.74. The second kappa shape index (κ2) is 5.75. The zero-order chi connectivity index (χ0) is 10.3. The molecule has 0 spiro atoms. The van der Waals surface area contributed by atoms with Crippen molar-refractivity contribution in [3.05, 3.63) is 12.7 Å². The molecule has 0 aromatic carbocycles. The molecule has 3 nitrogen and oxygen atoms in total. The maximum atomic E-state index is 11.4. The van der Waals surface area contributed by atoms with E-state index in [0.717, 1.165) is 0 Å². The van der Waals surface area contributed by atoms with Crippen molar-refractivity contribution in [1.82, 2.24) is 0 Å². The van der Waals surface area contributed by atoms with Crippen molar-refractivity contribution in [3.63, 3.8) is 0 Å². The lowest BCUT2D eigenvalue weighted by atomic mass is 9.86. The minimum atomic E-state index is -0.654. The van der Waals surface area contributed by atoms with Crippen molar-refractivity contribution < 1.29 is 14.6 Å². The van der Waals surface area contributed by atoms with Gasteiger partial charge in [0, 0.05) is 6.61 Å². The number of rotatable bonds is 6. The molecule has 0 amide bonds. The van der Waals surface area contributed by atoms with Crippen LogP contribution in [0.4, 0.5) is 0 Å². The molecule has 0 saturated heterocycles. The fourth-order valence-electron chi connectivity index (χ4n) is 1.03. The third-order valence-corrected chi connectivity index (χ3v) is 2.05. The molecular weight excluding hydrogens is 168 g/mol. The molecular formula is C10H18O3. The summed E-state index contributed by atoms with van der Waals surface area (Å²) in [7, 11) is 0. The number of aliphatic hydroxyl groups excluding tert-OH is 1. The highest BCUT2D eigenvalue weighted by atomic mass is 16.5.